The second kappa shape index (κ2) is 5.02. The van der Waals surface area contributed by atoms with Gasteiger partial charge in [-0.1, -0.05) is 6.92 Å². The molecule has 1 aromatic rings. The third-order valence-corrected chi connectivity index (χ3v) is 4.37. The SMILES string of the molecule is CCN1CCCC1CN1CCn2nc(C)cc2C1. The van der Waals surface area contributed by atoms with Crippen LogP contribution in [0.2, 0.25) is 0 Å². The van der Waals surface area contributed by atoms with E-state index in [9.17, 15) is 0 Å². The number of likely N-dealkylation sites (tertiary alicyclic amines) is 1. The quantitative estimate of drug-likeness (QED) is 0.810. The maximum Gasteiger partial charge on any atom is 0.0597 e. The molecule has 1 aromatic heterocycles. The van der Waals surface area contributed by atoms with E-state index in [1.165, 1.54) is 38.2 Å². The zero-order valence-electron chi connectivity index (χ0n) is 11.6. The van der Waals surface area contributed by atoms with Crippen molar-refractivity contribution in [2.45, 2.75) is 45.8 Å². The number of hydrogen-bond donors (Lipinski definition) is 0. The van der Waals surface area contributed by atoms with Gasteiger partial charge in [0.2, 0.25) is 0 Å². The third-order valence-electron chi connectivity index (χ3n) is 4.37. The Hall–Kier alpha value is -0.870. The summed E-state index contributed by atoms with van der Waals surface area (Å²) in [5.74, 6) is 0. The Bertz CT molecular complexity index is 412. The number of hydrogen-bond acceptors (Lipinski definition) is 3. The molecule has 1 unspecified atom stereocenters. The molecule has 0 spiro atoms. The van der Waals surface area contributed by atoms with Crippen LogP contribution in [-0.4, -0.2) is 51.8 Å². The van der Waals surface area contributed by atoms with E-state index in [0.29, 0.717) is 0 Å². The van der Waals surface area contributed by atoms with Crippen LogP contribution < -0.4 is 0 Å². The fourth-order valence-electron chi connectivity index (χ4n) is 3.44. The average molecular weight is 248 g/mol. The summed E-state index contributed by atoms with van der Waals surface area (Å²) in [4.78, 5) is 5.24. The zero-order valence-corrected chi connectivity index (χ0v) is 11.6. The first kappa shape index (κ1) is 12.2. The summed E-state index contributed by atoms with van der Waals surface area (Å²) in [5.41, 5.74) is 2.54. The van der Waals surface area contributed by atoms with Crippen molar-refractivity contribution >= 4 is 0 Å². The lowest BCUT2D eigenvalue weighted by atomic mass is 10.2. The molecule has 2 aliphatic rings. The van der Waals surface area contributed by atoms with Crippen molar-refractivity contribution in [3.63, 3.8) is 0 Å². The molecule has 18 heavy (non-hydrogen) atoms. The van der Waals surface area contributed by atoms with E-state index in [2.05, 4.69) is 39.5 Å². The number of fused-ring (bicyclic) bond motifs is 1. The normalized spacial score (nSPS) is 25.6. The minimum Gasteiger partial charge on any atom is -0.299 e. The first-order chi connectivity index (χ1) is 8.76. The highest BCUT2D eigenvalue weighted by Gasteiger charge is 2.26. The largest absolute Gasteiger partial charge is 0.299 e. The van der Waals surface area contributed by atoms with Gasteiger partial charge < -0.3 is 0 Å². The van der Waals surface area contributed by atoms with E-state index in [1.807, 2.05) is 0 Å². The van der Waals surface area contributed by atoms with Gasteiger partial charge in [-0.05, 0) is 38.9 Å². The van der Waals surface area contributed by atoms with Gasteiger partial charge in [0.25, 0.3) is 0 Å². The maximum atomic E-state index is 4.53. The Kier molecular flexibility index (Phi) is 3.39. The van der Waals surface area contributed by atoms with Gasteiger partial charge in [-0.25, -0.2) is 0 Å². The van der Waals surface area contributed by atoms with Crippen LogP contribution >= 0.6 is 0 Å². The lowest BCUT2D eigenvalue weighted by molar-refractivity contribution is 0.148. The van der Waals surface area contributed by atoms with Gasteiger partial charge in [0.05, 0.1) is 17.9 Å². The van der Waals surface area contributed by atoms with E-state index >= 15 is 0 Å². The fraction of sp³-hybridized carbons (Fsp3) is 0.786. The van der Waals surface area contributed by atoms with Crippen LogP contribution in [0.3, 0.4) is 0 Å². The summed E-state index contributed by atoms with van der Waals surface area (Å²) in [6.45, 7) is 11.4. The van der Waals surface area contributed by atoms with Crippen LogP contribution in [0.4, 0.5) is 0 Å². The molecule has 3 rings (SSSR count). The van der Waals surface area contributed by atoms with E-state index in [4.69, 9.17) is 0 Å². The summed E-state index contributed by atoms with van der Waals surface area (Å²) >= 11 is 0. The highest BCUT2D eigenvalue weighted by molar-refractivity contribution is 5.10. The first-order valence-electron chi connectivity index (χ1n) is 7.26. The van der Waals surface area contributed by atoms with Crippen LogP contribution in [0.1, 0.15) is 31.2 Å². The standard InChI is InChI=1S/C14H24N4/c1-3-17-6-4-5-13(17)10-16-7-8-18-14(11-16)9-12(2)15-18/h9,13H,3-8,10-11H2,1-2H3. The summed E-state index contributed by atoms with van der Waals surface area (Å²) in [6, 6.07) is 3.02. The molecule has 1 fully saturated rings. The number of rotatable bonds is 3. The van der Waals surface area contributed by atoms with Gasteiger partial charge in [-0.3, -0.25) is 14.5 Å². The number of nitrogens with zero attached hydrogens (tertiary/aromatic N) is 4. The molecule has 0 aliphatic carbocycles. The molecule has 0 saturated carbocycles. The summed E-state index contributed by atoms with van der Waals surface area (Å²) in [5, 5.41) is 4.53. The summed E-state index contributed by atoms with van der Waals surface area (Å²) in [6.07, 6.45) is 2.76. The Morgan fingerprint density at radius 2 is 2.22 bits per heavy atom. The Morgan fingerprint density at radius 3 is 3.06 bits per heavy atom. The van der Waals surface area contributed by atoms with Crippen molar-refractivity contribution in [2.24, 2.45) is 0 Å². The van der Waals surface area contributed by atoms with Crippen molar-refractivity contribution in [1.82, 2.24) is 19.6 Å². The van der Waals surface area contributed by atoms with Crippen molar-refractivity contribution in [3.05, 3.63) is 17.5 Å². The van der Waals surface area contributed by atoms with Gasteiger partial charge in [0.15, 0.2) is 0 Å². The molecule has 0 aromatic carbocycles. The topological polar surface area (TPSA) is 24.3 Å². The van der Waals surface area contributed by atoms with Gasteiger partial charge in [-0.15, -0.1) is 0 Å². The van der Waals surface area contributed by atoms with Gasteiger partial charge in [0.1, 0.15) is 0 Å². The molecule has 4 heteroatoms. The van der Waals surface area contributed by atoms with E-state index < -0.39 is 0 Å². The second-order valence-electron chi connectivity index (χ2n) is 5.66. The Morgan fingerprint density at radius 1 is 1.33 bits per heavy atom. The lowest BCUT2D eigenvalue weighted by Gasteiger charge is -2.32. The zero-order chi connectivity index (χ0) is 12.5. The number of likely N-dealkylation sites (N-methyl/N-ethyl adjacent to an activating group) is 1. The Labute approximate surface area is 110 Å². The average Bonchev–Trinajstić information content (AvgIpc) is 2.93. The molecule has 0 bridgehead atoms. The monoisotopic (exact) mass is 248 g/mol. The van der Waals surface area contributed by atoms with Crippen molar-refractivity contribution in [1.29, 1.82) is 0 Å². The van der Waals surface area contributed by atoms with Gasteiger partial charge in [0, 0.05) is 25.7 Å². The minimum atomic E-state index is 0.783. The van der Waals surface area contributed by atoms with Crippen LogP contribution in [0.5, 0.6) is 0 Å². The highest BCUT2D eigenvalue weighted by atomic mass is 15.3. The molecule has 2 aliphatic heterocycles. The van der Waals surface area contributed by atoms with Crippen LogP contribution in [0, 0.1) is 6.92 Å². The van der Waals surface area contributed by atoms with Crippen molar-refractivity contribution in [3.8, 4) is 0 Å². The predicted octanol–water partition coefficient (Wildman–Crippen LogP) is 1.49. The molecule has 0 radical (unpaired) electrons. The molecule has 1 saturated heterocycles. The molecule has 0 N–H and O–H groups in total. The van der Waals surface area contributed by atoms with Crippen LogP contribution in [0.25, 0.3) is 0 Å². The lowest BCUT2D eigenvalue weighted by Crippen LogP contribution is -2.43. The van der Waals surface area contributed by atoms with E-state index in [0.717, 1.165) is 31.4 Å². The van der Waals surface area contributed by atoms with Crippen LogP contribution in [0.15, 0.2) is 6.07 Å². The summed E-state index contributed by atoms with van der Waals surface area (Å²) in [7, 11) is 0. The minimum absolute atomic E-state index is 0.783. The Balaban J connectivity index is 1.62. The molecule has 4 nitrogen and oxygen atoms in total. The predicted molar refractivity (Wildman–Crippen MR) is 72.5 cm³/mol. The molecular weight excluding hydrogens is 224 g/mol. The van der Waals surface area contributed by atoms with Crippen LogP contribution in [-0.2, 0) is 13.1 Å². The molecule has 1 atom stereocenters. The van der Waals surface area contributed by atoms with Gasteiger partial charge in [-0.2, -0.15) is 5.10 Å². The summed E-state index contributed by atoms with van der Waals surface area (Å²) < 4.78 is 2.18. The van der Waals surface area contributed by atoms with Crippen molar-refractivity contribution in [2.75, 3.05) is 26.2 Å². The number of aromatic nitrogens is 2. The molecule has 3 heterocycles. The maximum absolute atomic E-state index is 4.53. The molecule has 0 amide bonds. The first-order valence-corrected chi connectivity index (χ1v) is 7.26. The van der Waals surface area contributed by atoms with E-state index in [-0.39, 0.29) is 0 Å². The van der Waals surface area contributed by atoms with Gasteiger partial charge >= 0.3 is 0 Å². The smallest absolute Gasteiger partial charge is 0.0597 e. The molecule has 100 valence electrons. The molecular formula is C14H24N4. The van der Waals surface area contributed by atoms with Crippen molar-refractivity contribution < 1.29 is 0 Å². The third kappa shape index (κ3) is 2.31. The highest BCUT2D eigenvalue weighted by Crippen LogP contribution is 2.20. The van der Waals surface area contributed by atoms with E-state index in [1.54, 1.807) is 0 Å². The fourth-order valence-corrected chi connectivity index (χ4v) is 3.44. The number of aryl methyl sites for hydroxylation is 1. The second-order valence-corrected chi connectivity index (χ2v) is 5.66.